The van der Waals surface area contributed by atoms with Crippen LogP contribution in [0.2, 0.25) is 0 Å². The first-order chi connectivity index (χ1) is 14.5. The van der Waals surface area contributed by atoms with E-state index in [1.165, 1.54) is 10.5 Å². The van der Waals surface area contributed by atoms with Gasteiger partial charge in [-0.15, -0.1) is 0 Å². The highest BCUT2D eigenvalue weighted by Crippen LogP contribution is 2.32. The molecule has 1 N–H and O–H groups in total. The number of carbonyl (C=O) groups excluding carboxylic acids is 2. The smallest absolute Gasteiger partial charge is 0.356 e. The molecule has 1 unspecified atom stereocenters. The van der Waals surface area contributed by atoms with E-state index < -0.39 is 12.1 Å². The van der Waals surface area contributed by atoms with Crippen LogP contribution in [0.1, 0.15) is 46.9 Å². The zero-order valence-corrected chi connectivity index (χ0v) is 17.4. The second-order valence-corrected chi connectivity index (χ2v) is 7.31. The Morgan fingerprint density at radius 2 is 2.20 bits per heavy atom. The van der Waals surface area contributed by atoms with E-state index >= 15 is 0 Å². The summed E-state index contributed by atoms with van der Waals surface area (Å²) < 4.78 is 5.14. The average Bonchev–Trinajstić information content (AvgIpc) is 3.24. The molecule has 3 rings (SSSR count). The topological polar surface area (TPSA) is 79.7 Å². The summed E-state index contributed by atoms with van der Waals surface area (Å²) in [5.74, 6) is 5.41. The molecule has 0 saturated carbocycles. The van der Waals surface area contributed by atoms with Gasteiger partial charge in [0.15, 0.2) is 0 Å². The van der Waals surface area contributed by atoms with E-state index in [4.69, 9.17) is 4.74 Å². The minimum absolute atomic E-state index is 0.309. The van der Waals surface area contributed by atoms with Crippen molar-refractivity contribution in [3.8, 4) is 23.1 Å². The highest BCUT2D eigenvalue weighted by atomic mass is 16.5. The third-order valence-corrected chi connectivity index (χ3v) is 5.03. The van der Waals surface area contributed by atoms with E-state index in [9.17, 15) is 14.7 Å². The molecule has 2 aromatic rings. The maximum Gasteiger partial charge on any atom is 0.356 e. The number of carbonyl (C=O) groups is 2. The molecule has 0 aliphatic heterocycles. The van der Waals surface area contributed by atoms with Crippen molar-refractivity contribution >= 4 is 12.4 Å². The van der Waals surface area contributed by atoms with Gasteiger partial charge in [0.2, 0.25) is 6.41 Å². The predicted octanol–water partition coefficient (Wildman–Crippen LogP) is 2.60. The van der Waals surface area contributed by atoms with Crippen molar-refractivity contribution in [2.24, 2.45) is 0 Å². The Morgan fingerprint density at radius 3 is 2.97 bits per heavy atom. The van der Waals surface area contributed by atoms with E-state index in [2.05, 4.69) is 16.8 Å². The summed E-state index contributed by atoms with van der Waals surface area (Å²) in [6.07, 6.45) is 3.19. The monoisotopic (exact) mass is 406 g/mol. The Bertz CT molecular complexity index is 990. The molecular weight excluding hydrogens is 380 g/mol. The molecule has 1 aromatic heterocycles. The van der Waals surface area contributed by atoms with E-state index in [0.29, 0.717) is 25.3 Å². The van der Waals surface area contributed by atoms with Gasteiger partial charge in [-0.3, -0.25) is 4.79 Å². The number of benzene rings is 1. The van der Waals surface area contributed by atoms with Gasteiger partial charge in [-0.2, -0.15) is 0 Å². The molecular formula is C24H26N2O4. The van der Waals surface area contributed by atoms with E-state index in [0.717, 1.165) is 48.1 Å². The fraction of sp³-hybridized carbons (Fsp3) is 0.375. The Hall–Kier alpha value is -3.17. The Labute approximate surface area is 176 Å². The molecule has 0 radical (unpaired) electrons. The van der Waals surface area contributed by atoms with Crippen LogP contribution in [-0.4, -0.2) is 53.7 Å². The number of nitrogens with zero attached hydrogens (tertiary/aromatic N) is 2. The second-order valence-electron chi connectivity index (χ2n) is 7.31. The van der Waals surface area contributed by atoms with Crippen molar-refractivity contribution < 1.29 is 19.4 Å². The predicted molar refractivity (Wildman–Crippen MR) is 114 cm³/mol. The number of amides is 1. The number of aliphatic hydroxyl groups excluding tert-OH is 1. The number of pyridine rings is 1. The van der Waals surface area contributed by atoms with Gasteiger partial charge in [0.05, 0.1) is 12.3 Å². The van der Waals surface area contributed by atoms with Gasteiger partial charge < -0.3 is 14.7 Å². The summed E-state index contributed by atoms with van der Waals surface area (Å²) in [4.78, 5) is 29.0. The van der Waals surface area contributed by atoms with E-state index in [-0.39, 0.29) is 0 Å². The molecule has 0 saturated heterocycles. The largest absolute Gasteiger partial charge is 0.461 e. The molecule has 1 amide bonds. The van der Waals surface area contributed by atoms with E-state index in [1.54, 1.807) is 14.0 Å². The molecule has 1 aromatic carbocycles. The first-order valence-corrected chi connectivity index (χ1v) is 10.2. The maximum absolute atomic E-state index is 12.2. The molecule has 6 heteroatoms. The fourth-order valence-electron chi connectivity index (χ4n) is 3.49. The van der Waals surface area contributed by atoms with Crippen LogP contribution in [0.5, 0.6) is 0 Å². The van der Waals surface area contributed by atoms with E-state index in [1.807, 2.05) is 30.3 Å². The number of aromatic nitrogens is 1. The normalized spacial score (nSPS) is 13.0. The van der Waals surface area contributed by atoms with Crippen LogP contribution in [0, 0.1) is 11.8 Å². The summed E-state index contributed by atoms with van der Waals surface area (Å²) in [6.45, 7) is 2.53. The summed E-state index contributed by atoms with van der Waals surface area (Å²) in [5.41, 5.74) is 5.09. The Balaban J connectivity index is 1.87. The molecule has 6 nitrogen and oxygen atoms in total. The van der Waals surface area contributed by atoms with Crippen molar-refractivity contribution in [1.82, 2.24) is 9.88 Å². The van der Waals surface area contributed by atoms with Crippen molar-refractivity contribution in [3.63, 3.8) is 0 Å². The van der Waals surface area contributed by atoms with Crippen molar-refractivity contribution in [2.75, 3.05) is 20.2 Å². The van der Waals surface area contributed by atoms with Crippen LogP contribution in [0.4, 0.5) is 0 Å². The van der Waals surface area contributed by atoms with Gasteiger partial charge in [-0.25, -0.2) is 9.78 Å². The van der Waals surface area contributed by atoms with Gasteiger partial charge >= 0.3 is 5.97 Å². The molecule has 1 heterocycles. The van der Waals surface area contributed by atoms with Crippen LogP contribution in [0.25, 0.3) is 11.3 Å². The zero-order chi connectivity index (χ0) is 21.5. The van der Waals surface area contributed by atoms with Crippen LogP contribution < -0.4 is 0 Å². The highest BCUT2D eigenvalue weighted by molar-refractivity contribution is 5.89. The number of aliphatic hydroxyl groups is 1. The van der Waals surface area contributed by atoms with Crippen molar-refractivity contribution in [1.29, 1.82) is 0 Å². The van der Waals surface area contributed by atoms with Crippen LogP contribution >= 0.6 is 0 Å². The SMILES string of the molecule is CCOC(=O)c1cc2c(c(-c3cccc(C#CC(O)CCN(C)C=O)c3)n1)CCC2. The maximum atomic E-state index is 12.2. The molecule has 156 valence electrons. The molecule has 30 heavy (non-hydrogen) atoms. The molecule has 0 fully saturated rings. The Morgan fingerprint density at radius 1 is 1.37 bits per heavy atom. The van der Waals surface area contributed by atoms with Crippen LogP contribution in [0.15, 0.2) is 30.3 Å². The zero-order valence-electron chi connectivity index (χ0n) is 17.4. The quantitative estimate of drug-likeness (QED) is 0.434. The summed E-state index contributed by atoms with van der Waals surface area (Å²) in [7, 11) is 1.66. The lowest BCUT2D eigenvalue weighted by atomic mass is 10.00. The van der Waals surface area contributed by atoms with Crippen LogP contribution in [-0.2, 0) is 22.4 Å². The average molecular weight is 406 g/mol. The Kier molecular flexibility index (Phi) is 7.21. The van der Waals surface area contributed by atoms with Crippen molar-refractivity contribution in [3.05, 3.63) is 52.7 Å². The molecule has 1 atom stereocenters. The second kappa shape index (κ2) is 10.0. The number of esters is 1. The number of hydrogen-bond acceptors (Lipinski definition) is 5. The minimum Gasteiger partial charge on any atom is -0.461 e. The number of hydrogen-bond donors (Lipinski definition) is 1. The molecule has 0 bridgehead atoms. The summed E-state index contributed by atoms with van der Waals surface area (Å²) in [5, 5.41) is 10.0. The number of rotatable bonds is 7. The summed E-state index contributed by atoms with van der Waals surface area (Å²) in [6, 6.07) is 9.49. The fourth-order valence-corrected chi connectivity index (χ4v) is 3.49. The van der Waals surface area contributed by atoms with Gasteiger partial charge in [0, 0.05) is 31.1 Å². The first kappa shape index (κ1) is 21.5. The number of fused-ring (bicyclic) bond motifs is 1. The van der Waals surface area contributed by atoms with Gasteiger partial charge in [0.1, 0.15) is 11.8 Å². The molecule has 1 aliphatic carbocycles. The third kappa shape index (κ3) is 5.25. The highest BCUT2D eigenvalue weighted by Gasteiger charge is 2.21. The number of ether oxygens (including phenoxy) is 1. The minimum atomic E-state index is -0.814. The van der Waals surface area contributed by atoms with Crippen LogP contribution in [0.3, 0.4) is 0 Å². The first-order valence-electron chi connectivity index (χ1n) is 10.2. The van der Waals surface area contributed by atoms with Gasteiger partial charge in [-0.05, 0) is 55.5 Å². The lowest BCUT2D eigenvalue weighted by molar-refractivity contribution is -0.117. The molecule has 1 aliphatic rings. The lowest BCUT2D eigenvalue weighted by Gasteiger charge is -2.11. The third-order valence-electron chi connectivity index (χ3n) is 5.03. The molecule has 0 spiro atoms. The lowest BCUT2D eigenvalue weighted by Crippen LogP contribution is -2.21. The van der Waals surface area contributed by atoms with Gasteiger partial charge in [-0.1, -0.05) is 24.0 Å². The number of aryl methyl sites for hydroxylation is 1. The van der Waals surface area contributed by atoms with Crippen molar-refractivity contribution in [2.45, 2.75) is 38.7 Å². The van der Waals surface area contributed by atoms with Gasteiger partial charge in [0.25, 0.3) is 0 Å². The summed E-state index contributed by atoms with van der Waals surface area (Å²) >= 11 is 0. The standard InChI is InChI=1S/C24H26N2O4/c1-3-30-24(29)22-15-18-7-5-9-21(18)23(25-22)19-8-4-6-17(14-19)10-11-20(28)12-13-26(2)16-27/h4,6,8,14-16,20,28H,3,5,7,9,12-13H2,1-2H3.